The molecule has 1 heterocycles. The average Bonchev–Trinajstić information content (AvgIpc) is 3.01. The molecule has 2 aromatic rings. The highest BCUT2D eigenvalue weighted by molar-refractivity contribution is 7.16. The van der Waals surface area contributed by atoms with Gasteiger partial charge >= 0.3 is 0 Å². The van der Waals surface area contributed by atoms with E-state index >= 15 is 0 Å². The maximum Gasteiger partial charge on any atom is 0.256 e. The van der Waals surface area contributed by atoms with Crippen molar-refractivity contribution in [3.8, 4) is 6.07 Å². The summed E-state index contributed by atoms with van der Waals surface area (Å²) in [6.45, 7) is 3.79. The van der Waals surface area contributed by atoms with Crippen molar-refractivity contribution in [2.24, 2.45) is 0 Å². The van der Waals surface area contributed by atoms with E-state index in [1.54, 1.807) is 24.3 Å². The molecule has 0 spiro atoms. The number of nitrogens with zero attached hydrogens (tertiary/aromatic N) is 1. The third-order valence-corrected chi connectivity index (χ3v) is 6.09. The van der Waals surface area contributed by atoms with Crippen LogP contribution in [0, 0.1) is 11.3 Å². The molecule has 3 rings (SSSR count). The van der Waals surface area contributed by atoms with Crippen molar-refractivity contribution in [3.63, 3.8) is 0 Å². The van der Waals surface area contributed by atoms with Gasteiger partial charge in [0, 0.05) is 17.0 Å². The summed E-state index contributed by atoms with van der Waals surface area (Å²) in [6.07, 6.45) is 7.76. The Kier molecular flexibility index (Phi) is 6.62. The Bertz CT molecular complexity index is 922. The zero-order valence-corrected chi connectivity index (χ0v) is 16.5. The number of carbonyl (C=O) groups excluding carboxylic acids is 2. The minimum absolute atomic E-state index is 0.229. The fourth-order valence-corrected chi connectivity index (χ4v) is 4.57. The molecule has 2 amide bonds. The number of fused-ring (bicyclic) bond motifs is 1. The van der Waals surface area contributed by atoms with Gasteiger partial charge < -0.3 is 10.6 Å². The first-order valence-electron chi connectivity index (χ1n) is 9.47. The third-order valence-electron chi connectivity index (χ3n) is 4.88. The smallest absolute Gasteiger partial charge is 0.256 e. The van der Waals surface area contributed by atoms with Crippen LogP contribution in [0.2, 0.25) is 0 Å². The number of benzene rings is 1. The Balaban J connectivity index is 1.72. The Morgan fingerprint density at radius 1 is 1.14 bits per heavy atom. The molecule has 1 aromatic heterocycles. The number of hydrogen-bond acceptors (Lipinski definition) is 4. The summed E-state index contributed by atoms with van der Waals surface area (Å²) in [7, 11) is 0. The van der Waals surface area contributed by atoms with Gasteiger partial charge in [-0.3, -0.25) is 9.59 Å². The van der Waals surface area contributed by atoms with Gasteiger partial charge in [-0.05, 0) is 55.0 Å². The van der Waals surface area contributed by atoms with Gasteiger partial charge in [0.1, 0.15) is 11.1 Å². The van der Waals surface area contributed by atoms with Crippen LogP contribution in [0.4, 0.5) is 5.00 Å². The fourth-order valence-electron chi connectivity index (χ4n) is 3.34. The molecule has 144 valence electrons. The van der Waals surface area contributed by atoms with Crippen LogP contribution in [-0.2, 0) is 24.2 Å². The number of thiophene rings is 1. The third kappa shape index (κ3) is 4.68. The zero-order valence-electron chi connectivity index (χ0n) is 15.7. The van der Waals surface area contributed by atoms with Gasteiger partial charge in [-0.25, -0.2) is 0 Å². The normalized spacial score (nSPS) is 13.4. The van der Waals surface area contributed by atoms with E-state index < -0.39 is 0 Å². The average molecular weight is 394 g/mol. The monoisotopic (exact) mass is 393 g/mol. The molecule has 0 unspecified atom stereocenters. The Hall–Kier alpha value is -2.91. The van der Waals surface area contributed by atoms with E-state index in [4.69, 9.17) is 0 Å². The fraction of sp³-hybridized carbons (Fsp3) is 0.318. The number of nitriles is 1. The second kappa shape index (κ2) is 9.34. The molecular weight excluding hydrogens is 370 g/mol. The van der Waals surface area contributed by atoms with Crippen LogP contribution < -0.4 is 10.6 Å². The second-order valence-corrected chi connectivity index (χ2v) is 7.91. The summed E-state index contributed by atoms with van der Waals surface area (Å²) < 4.78 is 0. The van der Waals surface area contributed by atoms with Crippen molar-refractivity contribution >= 4 is 28.2 Å². The lowest BCUT2D eigenvalue weighted by Crippen LogP contribution is -2.20. The van der Waals surface area contributed by atoms with E-state index in [1.807, 2.05) is 0 Å². The first kappa shape index (κ1) is 19.8. The van der Waals surface area contributed by atoms with Crippen LogP contribution in [-0.4, -0.2) is 11.8 Å². The highest BCUT2D eigenvalue weighted by Gasteiger charge is 2.20. The molecule has 5 nitrogen and oxygen atoms in total. The van der Waals surface area contributed by atoms with Crippen molar-refractivity contribution in [3.05, 3.63) is 64.1 Å². The summed E-state index contributed by atoms with van der Waals surface area (Å²) in [5.74, 6) is -0.466. The molecule has 1 aromatic carbocycles. The molecule has 0 saturated carbocycles. The molecular formula is C22H23N3O2S. The van der Waals surface area contributed by atoms with E-state index in [9.17, 15) is 14.9 Å². The van der Waals surface area contributed by atoms with Crippen LogP contribution in [0.25, 0.3) is 0 Å². The maximum absolute atomic E-state index is 12.7. The van der Waals surface area contributed by atoms with Crippen LogP contribution in [0.3, 0.4) is 0 Å². The summed E-state index contributed by atoms with van der Waals surface area (Å²) in [5, 5.41) is 15.9. The maximum atomic E-state index is 12.7. The largest absolute Gasteiger partial charge is 0.348 e. The highest BCUT2D eigenvalue weighted by Crippen LogP contribution is 2.36. The number of carbonyl (C=O) groups is 2. The van der Waals surface area contributed by atoms with Crippen molar-refractivity contribution in [2.45, 2.75) is 45.1 Å². The van der Waals surface area contributed by atoms with Crippen LogP contribution in [0.5, 0.6) is 0 Å². The van der Waals surface area contributed by atoms with E-state index in [-0.39, 0.29) is 11.8 Å². The number of anilines is 1. The Morgan fingerprint density at radius 3 is 2.54 bits per heavy atom. The van der Waals surface area contributed by atoms with E-state index in [2.05, 4.69) is 23.3 Å². The molecule has 0 aliphatic heterocycles. The van der Waals surface area contributed by atoms with Gasteiger partial charge in [-0.1, -0.05) is 31.6 Å². The van der Waals surface area contributed by atoms with Crippen LogP contribution in [0.15, 0.2) is 36.9 Å². The minimum atomic E-state index is -0.237. The van der Waals surface area contributed by atoms with Gasteiger partial charge in [0.2, 0.25) is 5.91 Å². The molecule has 28 heavy (non-hydrogen) atoms. The van der Waals surface area contributed by atoms with E-state index in [0.717, 1.165) is 36.8 Å². The zero-order chi connectivity index (χ0) is 19.9. The number of amides is 2. The molecule has 1 aliphatic carbocycles. The van der Waals surface area contributed by atoms with Crippen molar-refractivity contribution < 1.29 is 9.59 Å². The van der Waals surface area contributed by atoms with Gasteiger partial charge in [-0.15, -0.1) is 11.3 Å². The molecule has 0 radical (unpaired) electrons. The predicted molar refractivity (Wildman–Crippen MR) is 111 cm³/mol. The topological polar surface area (TPSA) is 82.0 Å². The van der Waals surface area contributed by atoms with Gasteiger partial charge in [0.15, 0.2) is 0 Å². The Labute approximate surface area is 169 Å². The molecule has 0 bridgehead atoms. The van der Waals surface area contributed by atoms with Gasteiger partial charge in [-0.2, -0.15) is 5.26 Å². The van der Waals surface area contributed by atoms with E-state index in [0.29, 0.717) is 22.7 Å². The number of hydrogen-bond donors (Lipinski definition) is 2. The van der Waals surface area contributed by atoms with Crippen LogP contribution in [0.1, 0.15) is 57.6 Å². The molecule has 0 fully saturated rings. The van der Waals surface area contributed by atoms with E-state index in [1.165, 1.54) is 35.1 Å². The van der Waals surface area contributed by atoms with Gasteiger partial charge in [0.05, 0.1) is 5.56 Å². The first-order valence-corrected chi connectivity index (χ1v) is 10.3. The predicted octanol–water partition coefficient (Wildman–Crippen LogP) is 4.33. The summed E-state index contributed by atoms with van der Waals surface area (Å²) in [4.78, 5) is 25.1. The standard InChI is InChI=1S/C22H23N3O2S/c1-2-20(26)24-14-15-9-11-16(12-10-15)21(27)25-22-18(13-23)17-7-5-3-4-6-8-19(17)28-22/h2,9-12H,1,3-8,14H2,(H,24,26)(H,25,27). The number of rotatable bonds is 5. The number of nitrogens with one attached hydrogen (secondary N) is 2. The van der Waals surface area contributed by atoms with Crippen LogP contribution >= 0.6 is 11.3 Å². The lowest BCUT2D eigenvalue weighted by Gasteiger charge is -2.08. The number of aryl methyl sites for hydroxylation is 1. The quantitative estimate of drug-likeness (QED) is 0.742. The molecule has 6 heteroatoms. The molecule has 2 N–H and O–H groups in total. The second-order valence-electron chi connectivity index (χ2n) is 6.81. The molecule has 0 atom stereocenters. The minimum Gasteiger partial charge on any atom is -0.348 e. The summed E-state index contributed by atoms with van der Waals surface area (Å²) in [6, 6.07) is 9.35. The molecule has 1 aliphatic rings. The van der Waals surface area contributed by atoms with Gasteiger partial charge in [0.25, 0.3) is 5.91 Å². The Morgan fingerprint density at radius 2 is 1.86 bits per heavy atom. The lowest BCUT2D eigenvalue weighted by molar-refractivity contribution is -0.116. The van der Waals surface area contributed by atoms with Crippen molar-refractivity contribution in [1.82, 2.24) is 5.32 Å². The lowest BCUT2D eigenvalue weighted by atomic mass is 9.97. The summed E-state index contributed by atoms with van der Waals surface area (Å²) >= 11 is 1.54. The highest BCUT2D eigenvalue weighted by atomic mass is 32.1. The first-order chi connectivity index (χ1) is 13.6. The SMILES string of the molecule is C=CC(=O)NCc1ccc(C(=O)Nc2sc3c(c2C#N)CCCCCC3)cc1. The van der Waals surface area contributed by atoms with Crippen molar-refractivity contribution in [1.29, 1.82) is 5.26 Å². The van der Waals surface area contributed by atoms with Crippen molar-refractivity contribution in [2.75, 3.05) is 5.32 Å². The molecule has 0 saturated heterocycles. The summed E-state index contributed by atoms with van der Waals surface area (Å²) in [5.41, 5.74) is 3.15.